The van der Waals surface area contributed by atoms with Crippen LogP contribution >= 0.6 is 11.8 Å². The van der Waals surface area contributed by atoms with Crippen LogP contribution in [-0.2, 0) is 11.3 Å². The molecule has 0 bridgehead atoms. The van der Waals surface area contributed by atoms with Crippen molar-refractivity contribution in [3.63, 3.8) is 0 Å². The van der Waals surface area contributed by atoms with Crippen molar-refractivity contribution in [1.82, 2.24) is 5.32 Å². The summed E-state index contributed by atoms with van der Waals surface area (Å²) in [5, 5.41) is 3.30. The van der Waals surface area contributed by atoms with Crippen LogP contribution in [0.2, 0.25) is 0 Å². The third kappa shape index (κ3) is 5.40. The van der Waals surface area contributed by atoms with E-state index in [1.807, 2.05) is 31.2 Å². The number of thioether (sulfide) groups is 1. The van der Waals surface area contributed by atoms with Gasteiger partial charge >= 0.3 is 0 Å². The maximum atomic E-state index is 10.8. The Kier molecular flexibility index (Phi) is 5.56. The molecule has 0 saturated heterocycles. The first-order valence-electron chi connectivity index (χ1n) is 5.42. The maximum Gasteiger partial charge on any atom is 0.217 e. The highest BCUT2D eigenvalue weighted by atomic mass is 32.2. The molecule has 0 unspecified atom stereocenters. The Morgan fingerprint density at radius 3 is 2.94 bits per heavy atom. The van der Waals surface area contributed by atoms with E-state index in [-0.39, 0.29) is 5.91 Å². The molecule has 0 spiro atoms. The number of nitrogens with two attached hydrogens (primary N) is 1. The van der Waals surface area contributed by atoms with Crippen LogP contribution in [0.3, 0.4) is 0 Å². The first kappa shape index (κ1) is 13.6. The summed E-state index contributed by atoms with van der Waals surface area (Å²) in [6, 6.07) is 7.65. The molecule has 0 aliphatic carbocycles. The second-order valence-electron chi connectivity index (χ2n) is 3.46. The zero-order valence-electron chi connectivity index (χ0n) is 10.1. The molecule has 1 aromatic rings. The Labute approximate surface area is 106 Å². The van der Waals surface area contributed by atoms with Crippen molar-refractivity contribution in [1.29, 1.82) is 0 Å². The van der Waals surface area contributed by atoms with Gasteiger partial charge in [-0.2, -0.15) is 0 Å². The van der Waals surface area contributed by atoms with Crippen molar-refractivity contribution >= 4 is 28.5 Å². The van der Waals surface area contributed by atoms with Crippen LogP contribution < -0.4 is 11.1 Å². The van der Waals surface area contributed by atoms with Gasteiger partial charge in [0.2, 0.25) is 5.91 Å². The molecule has 92 valence electrons. The average Bonchev–Trinajstić information content (AvgIpc) is 2.27. The highest BCUT2D eigenvalue weighted by Crippen LogP contribution is 2.15. The van der Waals surface area contributed by atoms with E-state index in [2.05, 4.69) is 10.3 Å². The summed E-state index contributed by atoms with van der Waals surface area (Å²) in [4.78, 5) is 15.1. The second kappa shape index (κ2) is 6.96. The van der Waals surface area contributed by atoms with Crippen molar-refractivity contribution in [3.05, 3.63) is 29.8 Å². The van der Waals surface area contributed by atoms with E-state index in [0.29, 0.717) is 11.7 Å². The van der Waals surface area contributed by atoms with Crippen molar-refractivity contribution < 1.29 is 4.79 Å². The quantitative estimate of drug-likeness (QED) is 0.635. The lowest BCUT2D eigenvalue weighted by molar-refractivity contribution is -0.119. The SMILES string of the molecule is CCSC(N)=Nc1cccc(CNC(C)=O)c1. The molecule has 0 fully saturated rings. The summed E-state index contributed by atoms with van der Waals surface area (Å²) in [5.41, 5.74) is 7.55. The fraction of sp³-hybridized carbons (Fsp3) is 0.333. The Hall–Kier alpha value is -1.49. The number of aliphatic imine (C=N–C) groups is 1. The third-order valence-electron chi connectivity index (χ3n) is 1.98. The minimum atomic E-state index is -0.0417. The molecular weight excluding hydrogens is 234 g/mol. The molecule has 5 heteroatoms. The second-order valence-corrected chi connectivity index (χ2v) is 4.75. The number of carbonyl (C=O) groups excluding carboxylic acids is 1. The molecule has 0 radical (unpaired) electrons. The average molecular weight is 251 g/mol. The van der Waals surface area contributed by atoms with E-state index in [0.717, 1.165) is 17.0 Å². The minimum Gasteiger partial charge on any atom is -0.378 e. The van der Waals surface area contributed by atoms with Crippen LogP contribution in [0.4, 0.5) is 5.69 Å². The lowest BCUT2D eigenvalue weighted by Crippen LogP contribution is -2.18. The largest absolute Gasteiger partial charge is 0.378 e. The van der Waals surface area contributed by atoms with Gasteiger partial charge < -0.3 is 11.1 Å². The monoisotopic (exact) mass is 251 g/mol. The van der Waals surface area contributed by atoms with Crippen molar-refractivity contribution in [2.24, 2.45) is 10.7 Å². The topological polar surface area (TPSA) is 67.5 Å². The van der Waals surface area contributed by atoms with Gasteiger partial charge in [-0.05, 0) is 23.4 Å². The molecule has 0 aliphatic rings. The normalized spacial score (nSPS) is 11.3. The van der Waals surface area contributed by atoms with Crippen LogP contribution in [0, 0.1) is 0 Å². The van der Waals surface area contributed by atoms with Gasteiger partial charge in [-0.25, -0.2) is 4.99 Å². The van der Waals surface area contributed by atoms with E-state index < -0.39 is 0 Å². The number of nitrogens with zero attached hydrogens (tertiary/aromatic N) is 1. The van der Waals surface area contributed by atoms with Crippen molar-refractivity contribution in [2.45, 2.75) is 20.4 Å². The summed E-state index contributed by atoms with van der Waals surface area (Å²) in [6.45, 7) is 4.04. The molecule has 17 heavy (non-hydrogen) atoms. The molecule has 0 aliphatic heterocycles. The van der Waals surface area contributed by atoms with Crippen LogP contribution in [0.25, 0.3) is 0 Å². The Balaban J connectivity index is 2.71. The van der Waals surface area contributed by atoms with Gasteiger partial charge in [0.1, 0.15) is 0 Å². The van der Waals surface area contributed by atoms with Gasteiger partial charge in [0, 0.05) is 13.5 Å². The molecule has 0 heterocycles. The van der Waals surface area contributed by atoms with E-state index in [1.165, 1.54) is 18.7 Å². The number of nitrogens with one attached hydrogen (secondary N) is 1. The lowest BCUT2D eigenvalue weighted by atomic mass is 10.2. The fourth-order valence-electron chi connectivity index (χ4n) is 1.27. The zero-order valence-corrected chi connectivity index (χ0v) is 10.9. The molecular formula is C12H17N3OS. The van der Waals surface area contributed by atoms with Crippen molar-refractivity contribution in [2.75, 3.05) is 5.75 Å². The minimum absolute atomic E-state index is 0.0417. The molecule has 0 atom stereocenters. The van der Waals surface area contributed by atoms with Gasteiger partial charge in [-0.3, -0.25) is 4.79 Å². The number of hydrogen-bond acceptors (Lipinski definition) is 3. The number of benzene rings is 1. The van der Waals surface area contributed by atoms with Crippen LogP contribution in [0.15, 0.2) is 29.3 Å². The third-order valence-corrected chi connectivity index (χ3v) is 2.66. The van der Waals surface area contributed by atoms with Crippen LogP contribution in [0.1, 0.15) is 19.4 Å². The lowest BCUT2D eigenvalue weighted by Gasteiger charge is -2.04. The summed E-state index contributed by atoms with van der Waals surface area (Å²) >= 11 is 1.51. The number of amides is 1. The summed E-state index contributed by atoms with van der Waals surface area (Å²) < 4.78 is 0. The standard InChI is InChI=1S/C12H17N3OS/c1-3-17-12(13)15-11-6-4-5-10(7-11)8-14-9(2)16/h4-7H,3,8H2,1-2H3,(H2,13,15)(H,14,16). The molecule has 0 aromatic heterocycles. The molecule has 3 N–H and O–H groups in total. The summed E-state index contributed by atoms with van der Waals surface area (Å²) in [6.07, 6.45) is 0. The Morgan fingerprint density at radius 1 is 1.53 bits per heavy atom. The molecule has 1 amide bonds. The van der Waals surface area contributed by atoms with Crippen LogP contribution in [0.5, 0.6) is 0 Å². The Bertz CT molecular complexity index is 418. The molecule has 0 saturated carbocycles. The maximum absolute atomic E-state index is 10.8. The molecule has 1 aromatic carbocycles. The highest BCUT2D eigenvalue weighted by Gasteiger charge is 1.97. The summed E-state index contributed by atoms with van der Waals surface area (Å²) in [7, 11) is 0. The van der Waals surface area contributed by atoms with Gasteiger partial charge in [0.25, 0.3) is 0 Å². The van der Waals surface area contributed by atoms with Gasteiger partial charge in [-0.1, -0.05) is 30.8 Å². The zero-order chi connectivity index (χ0) is 12.7. The number of carbonyl (C=O) groups is 1. The number of rotatable bonds is 4. The number of amidine groups is 1. The Morgan fingerprint density at radius 2 is 2.29 bits per heavy atom. The molecule has 1 rings (SSSR count). The van der Waals surface area contributed by atoms with Gasteiger partial charge in [0.15, 0.2) is 5.17 Å². The van der Waals surface area contributed by atoms with E-state index in [4.69, 9.17) is 5.73 Å². The van der Waals surface area contributed by atoms with Crippen LogP contribution in [-0.4, -0.2) is 16.8 Å². The van der Waals surface area contributed by atoms with Gasteiger partial charge in [-0.15, -0.1) is 0 Å². The first-order valence-corrected chi connectivity index (χ1v) is 6.40. The summed E-state index contributed by atoms with van der Waals surface area (Å²) in [5.74, 6) is 0.862. The van der Waals surface area contributed by atoms with E-state index in [1.54, 1.807) is 0 Å². The van der Waals surface area contributed by atoms with E-state index in [9.17, 15) is 4.79 Å². The van der Waals surface area contributed by atoms with E-state index >= 15 is 0 Å². The smallest absolute Gasteiger partial charge is 0.217 e. The number of hydrogen-bond donors (Lipinski definition) is 2. The highest BCUT2D eigenvalue weighted by molar-refractivity contribution is 8.13. The predicted octanol–water partition coefficient (Wildman–Crippen LogP) is 2.02. The fourth-order valence-corrected chi connectivity index (χ4v) is 1.74. The predicted molar refractivity (Wildman–Crippen MR) is 73.4 cm³/mol. The molecule has 4 nitrogen and oxygen atoms in total. The van der Waals surface area contributed by atoms with Gasteiger partial charge in [0.05, 0.1) is 5.69 Å². The van der Waals surface area contributed by atoms with Crippen molar-refractivity contribution in [3.8, 4) is 0 Å². The first-order chi connectivity index (χ1) is 8.11.